The molecule has 3 heteroatoms. The van der Waals surface area contributed by atoms with E-state index >= 15 is 0 Å². The smallest absolute Gasteiger partial charge is 0.0738 e. The van der Waals surface area contributed by atoms with Crippen molar-refractivity contribution >= 4 is 15.9 Å². The predicted octanol–water partition coefficient (Wildman–Crippen LogP) is 2.61. The lowest BCUT2D eigenvalue weighted by Gasteiger charge is -1.99. The zero-order valence-electron chi connectivity index (χ0n) is 7.47. The highest BCUT2D eigenvalue weighted by molar-refractivity contribution is 9.10. The lowest BCUT2D eigenvalue weighted by atomic mass is 10.2. The minimum atomic E-state index is 0.998. The monoisotopic (exact) mass is 228 g/mol. The van der Waals surface area contributed by atoms with E-state index in [0.29, 0.717) is 0 Å². The summed E-state index contributed by atoms with van der Waals surface area (Å²) in [7, 11) is 1.97. The van der Waals surface area contributed by atoms with Gasteiger partial charge in [-0.1, -0.05) is 6.08 Å². The number of rotatable bonds is 3. The molecule has 0 amide bonds. The molecule has 0 radical (unpaired) electrons. The summed E-state index contributed by atoms with van der Waals surface area (Å²) in [5.74, 6) is 0. The average Bonchev–Trinajstić information content (AvgIpc) is 2.25. The maximum atomic E-state index is 4.30. The number of nitrogens with zero attached hydrogens (tertiary/aromatic N) is 2. The number of aryl methyl sites for hydroxylation is 2. The van der Waals surface area contributed by atoms with E-state index in [1.165, 1.54) is 5.69 Å². The second-order valence-corrected chi connectivity index (χ2v) is 3.59. The van der Waals surface area contributed by atoms with Crippen molar-refractivity contribution in [1.82, 2.24) is 9.78 Å². The molecule has 0 saturated heterocycles. The highest BCUT2D eigenvalue weighted by Crippen LogP contribution is 2.21. The van der Waals surface area contributed by atoms with Crippen LogP contribution < -0.4 is 0 Å². The molecular weight excluding hydrogens is 216 g/mol. The fourth-order valence-electron chi connectivity index (χ4n) is 1.19. The van der Waals surface area contributed by atoms with Crippen LogP contribution in [-0.4, -0.2) is 9.78 Å². The van der Waals surface area contributed by atoms with Crippen LogP contribution in [0, 0.1) is 6.92 Å². The summed E-state index contributed by atoms with van der Waals surface area (Å²) in [4.78, 5) is 0. The van der Waals surface area contributed by atoms with Crippen molar-refractivity contribution in [2.45, 2.75) is 19.8 Å². The lowest BCUT2D eigenvalue weighted by Crippen LogP contribution is -1.97. The first kappa shape index (κ1) is 9.52. The van der Waals surface area contributed by atoms with Gasteiger partial charge in [0.05, 0.1) is 15.9 Å². The summed E-state index contributed by atoms with van der Waals surface area (Å²) in [5.41, 5.74) is 2.30. The summed E-state index contributed by atoms with van der Waals surface area (Å²) in [6.45, 7) is 5.70. The van der Waals surface area contributed by atoms with Crippen LogP contribution in [0.25, 0.3) is 0 Å². The Kier molecular flexibility index (Phi) is 3.09. The molecule has 66 valence electrons. The fourth-order valence-corrected chi connectivity index (χ4v) is 1.72. The molecule has 0 N–H and O–H groups in total. The van der Waals surface area contributed by atoms with Crippen LogP contribution >= 0.6 is 15.9 Å². The largest absolute Gasteiger partial charge is 0.271 e. The molecule has 1 aromatic heterocycles. The van der Waals surface area contributed by atoms with Gasteiger partial charge in [0.1, 0.15) is 0 Å². The Labute approximate surface area is 81.4 Å². The van der Waals surface area contributed by atoms with Crippen molar-refractivity contribution in [1.29, 1.82) is 0 Å². The normalized spacial score (nSPS) is 10.2. The van der Waals surface area contributed by atoms with Crippen molar-refractivity contribution < 1.29 is 0 Å². The summed E-state index contributed by atoms with van der Waals surface area (Å²) >= 11 is 3.51. The van der Waals surface area contributed by atoms with Crippen LogP contribution in [0.2, 0.25) is 0 Å². The molecule has 2 nitrogen and oxygen atoms in total. The number of hydrogen-bond acceptors (Lipinski definition) is 1. The van der Waals surface area contributed by atoms with E-state index in [4.69, 9.17) is 0 Å². The Morgan fingerprint density at radius 2 is 2.33 bits per heavy atom. The lowest BCUT2D eigenvalue weighted by molar-refractivity contribution is 0.700. The SMILES string of the molecule is C=CCCc1c(Br)c(C)nn1C. The number of aromatic nitrogens is 2. The highest BCUT2D eigenvalue weighted by atomic mass is 79.9. The third-order valence-electron chi connectivity index (χ3n) is 1.85. The third kappa shape index (κ3) is 1.78. The predicted molar refractivity (Wildman–Crippen MR) is 54.2 cm³/mol. The molecule has 0 unspecified atom stereocenters. The van der Waals surface area contributed by atoms with Gasteiger partial charge in [-0.2, -0.15) is 5.10 Å². The maximum Gasteiger partial charge on any atom is 0.0738 e. The first-order chi connectivity index (χ1) is 5.66. The van der Waals surface area contributed by atoms with Gasteiger partial charge in [-0.15, -0.1) is 6.58 Å². The van der Waals surface area contributed by atoms with E-state index < -0.39 is 0 Å². The van der Waals surface area contributed by atoms with E-state index in [9.17, 15) is 0 Å². The molecule has 0 aliphatic rings. The Morgan fingerprint density at radius 3 is 2.75 bits per heavy atom. The molecule has 0 aromatic carbocycles. The maximum absolute atomic E-state index is 4.30. The van der Waals surface area contributed by atoms with Gasteiger partial charge in [0.15, 0.2) is 0 Å². The zero-order chi connectivity index (χ0) is 9.14. The molecular formula is C9H13BrN2. The molecule has 1 rings (SSSR count). The van der Waals surface area contributed by atoms with Crippen LogP contribution in [0.4, 0.5) is 0 Å². The number of halogens is 1. The average molecular weight is 229 g/mol. The van der Waals surface area contributed by atoms with Gasteiger partial charge in [-0.25, -0.2) is 0 Å². The summed E-state index contributed by atoms with van der Waals surface area (Å²) in [6.07, 6.45) is 3.92. The van der Waals surface area contributed by atoms with Crippen molar-refractivity contribution in [3.8, 4) is 0 Å². The van der Waals surface area contributed by atoms with Crippen molar-refractivity contribution in [3.63, 3.8) is 0 Å². The molecule has 0 bridgehead atoms. The van der Waals surface area contributed by atoms with Crippen molar-refractivity contribution in [2.24, 2.45) is 7.05 Å². The first-order valence-electron chi connectivity index (χ1n) is 3.95. The molecule has 0 saturated carbocycles. The van der Waals surface area contributed by atoms with Crippen LogP contribution in [0.5, 0.6) is 0 Å². The summed E-state index contributed by atoms with van der Waals surface area (Å²) in [5, 5.41) is 4.30. The highest BCUT2D eigenvalue weighted by Gasteiger charge is 2.08. The Hall–Kier alpha value is -0.570. The summed E-state index contributed by atoms with van der Waals surface area (Å²) in [6, 6.07) is 0. The quantitative estimate of drug-likeness (QED) is 0.728. The van der Waals surface area contributed by atoms with Crippen LogP contribution in [0.15, 0.2) is 17.1 Å². The zero-order valence-corrected chi connectivity index (χ0v) is 9.06. The Bertz CT molecular complexity index is 289. The Morgan fingerprint density at radius 1 is 1.67 bits per heavy atom. The van der Waals surface area contributed by atoms with Gasteiger partial charge < -0.3 is 0 Å². The molecule has 1 heterocycles. The van der Waals surface area contributed by atoms with Crippen LogP contribution in [0.1, 0.15) is 17.8 Å². The molecule has 0 fully saturated rings. The second kappa shape index (κ2) is 3.90. The van der Waals surface area contributed by atoms with Gasteiger partial charge in [0.25, 0.3) is 0 Å². The molecule has 12 heavy (non-hydrogen) atoms. The minimum absolute atomic E-state index is 0.998. The standard InChI is InChI=1S/C9H13BrN2/c1-4-5-6-8-9(10)7(2)11-12(8)3/h4H,1,5-6H2,2-3H3. The molecule has 0 atom stereocenters. The van der Waals surface area contributed by atoms with Gasteiger partial charge in [-0.3, -0.25) is 4.68 Å². The van der Waals surface area contributed by atoms with Gasteiger partial charge >= 0.3 is 0 Å². The minimum Gasteiger partial charge on any atom is -0.271 e. The van der Waals surface area contributed by atoms with E-state index in [-0.39, 0.29) is 0 Å². The number of hydrogen-bond donors (Lipinski definition) is 0. The van der Waals surface area contributed by atoms with E-state index in [1.54, 1.807) is 0 Å². The second-order valence-electron chi connectivity index (χ2n) is 2.80. The van der Waals surface area contributed by atoms with Gasteiger partial charge in [0, 0.05) is 7.05 Å². The molecule has 0 aliphatic carbocycles. The molecule has 0 spiro atoms. The number of allylic oxidation sites excluding steroid dienone is 1. The van der Waals surface area contributed by atoms with Crippen LogP contribution in [0.3, 0.4) is 0 Å². The third-order valence-corrected chi connectivity index (χ3v) is 2.88. The molecule has 0 aliphatic heterocycles. The van der Waals surface area contributed by atoms with Gasteiger partial charge in [0.2, 0.25) is 0 Å². The molecule has 1 aromatic rings. The van der Waals surface area contributed by atoms with Crippen molar-refractivity contribution in [2.75, 3.05) is 0 Å². The summed E-state index contributed by atoms with van der Waals surface area (Å²) < 4.78 is 3.05. The topological polar surface area (TPSA) is 17.8 Å². The van der Waals surface area contributed by atoms with E-state index in [1.807, 2.05) is 24.7 Å². The van der Waals surface area contributed by atoms with Gasteiger partial charge in [-0.05, 0) is 35.7 Å². The van der Waals surface area contributed by atoms with E-state index in [2.05, 4.69) is 27.6 Å². The van der Waals surface area contributed by atoms with Crippen LogP contribution in [-0.2, 0) is 13.5 Å². The Balaban J connectivity index is 2.89. The fraction of sp³-hybridized carbons (Fsp3) is 0.444. The van der Waals surface area contributed by atoms with Crippen molar-refractivity contribution in [3.05, 3.63) is 28.5 Å². The first-order valence-corrected chi connectivity index (χ1v) is 4.75. The van der Waals surface area contributed by atoms with E-state index in [0.717, 1.165) is 23.0 Å².